The third-order valence-electron chi connectivity index (χ3n) is 3.75. The minimum Gasteiger partial charge on any atom is -0.324 e. The number of anilines is 1. The number of primary sulfonamides is 1. The highest BCUT2D eigenvalue weighted by atomic mass is 35.5. The third kappa shape index (κ3) is 5.24. The summed E-state index contributed by atoms with van der Waals surface area (Å²) in [5.74, 6) is -0.472. The number of hydrogen-bond acceptors (Lipinski definition) is 4. The molecule has 0 atom stereocenters. The van der Waals surface area contributed by atoms with E-state index < -0.39 is 15.6 Å². The first-order chi connectivity index (χ1) is 9.78. The molecular formula is C14H22ClN3O3S. The fraction of sp³-hybridized carbons (Fsp3) is 0.500. The van der Waals surface area contributed by atoms with Crippen molar-refractivity contribution < 1.29 is 13.2 Å². The van der Waals surface area contributed by atoms with Crippen molar-refractivity contribution in [1.29, 1.82) is 0 Å². The van der Waals surface area contributed by atoms with Crippen LogP contribution in [0.25, 0.3) is 0 Å². The van der Waals surface area contributed by atoms with E-state index in [1.807, 2.05) is 0 Å². The van der Waals surface area contributed by atoms with Gasteiger partial charge in [-0.2, -0.15) is 0 Å². The maximum atomic E-state index is 12.3. The molecule has 1 fully saturated rings. The standard InChI is InChI=1S/C14H21N3O3S.ClH/c15-14(7-2-1-3-8-14)13(18)17-12-6-4-5-11(9-12)10-21(16,19)20;/h4-6,9H,1-3,7-8,10,15H2,(H,17,18)(H2,16,19,20);1H. The SMILES string of the molecule is Cl.NC1(C(=O)Nc2cccc(CS(N)(=O)=O)c2)CCCCC1. The molecule has 1 amide bonds. The number of halogens is 1. The van der Waals surface area contributed by atoms with Crippen LogP contribution in [0.3, 0.4) is 0 Å². The van der Waals surface area contributed by atoms with E-state index in [2.05, 4.69) is 5.32 Å². The van der Waals surface area contributed by atoms with E-state index >= 15 is 0 Å². The van der Waals surface area contributed by atoms with Crippen LogP contribution in [0.4, 0.5) is 5.69 Å². The quantitative estimate of drug-likeness (QED) is 0.765. The zero-order valence-electron chi connectivity index (χ0n) is 12.2. The van der Waals surface area contributed by atoms with Crippen LogP contribution in [0.2, 0.25) is 0 Å². The molecule has 0 aliphatic heterocycles. The summed E-state index contributed by atoms with van der Waals surface area (Å²) in [6, 6.07) is 6.64. The summed E-state index contributed by atoms with van der Waals surface area (Å²) in [4.78, 5) is 12.3. The maximum absolute atomic E-state index is 12.3. The predicted molar refractivity (Wildman–Crippen MR) is 89.1 cm³/mol. The smallest absolute Gasteiger partial charge is 0.244 e. The molecule has 8 heteroatoms. The summed E-state index contributed by atoms with van der Waals surface area (Å²) >= 11 is 0. The highest BCUT2D eigenvalue weighted by molar-refractivity contribution is 7.88. The van der Waals surface area contributed by atoms with E-state index in [0.717, 1.165) is 19.3 Å². The second-order valence-corrected chi connectivity index (χ2v) is 7.29. The van der Waals surface area contributed by atoms with Crippen LogP contribution < -0.4 is 16.2 Å². The van der Waals surface area contributed by atoms with Gasteiger partial charge in [-0.3, -0.25) is 4.79 Å². The Bertz CT molecular complexity index is 628. The Labute approximate surface area is 137 Å². The van der Waals surface area contributed by atoms with Crippen molar-refractivity contribution in [2.24, 2.45) is 10.9 Å². The fourth-order valence-electron chi connectivity index (χ4n) is 2.64. The Morgan fingerprint density at radius 2 is 1.86 bits per heavy atom. The van der Waals surface area contributed by atoms with E-state index in [9.17, 15) is 13.2 Å². The van der Waals surface area contributed by atoms with Crippen LogP contribution in [0.1, 0.15) is 37.7 Å². The molecule has 1 aliphatic carbocycles. The highest BCUT2D eigenvalue weighted by Crippen LogP contribution is 2.27. The summed E-state index contributed by atoms with van der Waals surface area (Å²) in [6.45, 7) is 0. The van der Waals surface area contributed by atoms with Crippen molar-refractivity contribution in [3.05, 3.63) is 29.8 Å². The Morgan fingerprint density at radius 3 is 2.45 bits per heavy atom. The van der Waals surface area contributed by atoms with Crippen molar-refractivity contribution in [2.45, 2.75) is 43.4 Å². The van der Waals surface area contributed by atoms with E-state index in [1.54, 1.807) is 24.3 Å². The fourth-order valence-corrected chi connectivity index (χ4v) is 3.28. The van der Waals surface area contributed by atoms with Crippen LogP contribution in [0.15, 0.2) is 24.3 Å². The van der Waals surface area contributed by atoms with Gasteiger partial charge in [0.25, 0.3) is 0 Å². The first-order valence-electron chi connectivity index (χ1n) is 6.98. The minimum absolute atomic E-state index is 0. The molecule has 0 saturated heterocycles. The Morgan fingerprint density at radius 1 is 1.23 bits per heavy atom. The molecule has 124 valence electrons. The van der Waals surface area contributed by atoms with E-state index in [0.29, 0.717) is 24.1 Å². The normalized spacial score (nSPS) is 17.4. The topological polar surface area (TPSA) is 115 Å². The number of nitrogens with two attached hydrogens (primary N) is 2. The lowest BCUT2D eigenvalue weighted by molar-refractivity contribution is -0.122. The van der Waals surface area contributed by atoms with Gasteiger partial charge in [0.2, 0.25) is 15.9 Å². The summed E-state index contributed by atoms with van der Waals surface area (Å²) in [7, 11) is -3.59. The van der Waals surface area contributed by atoms with Gasteiger partial charge < -0.3 is 11.1 Å². The lowest BCUT2D eigenvalue weighted by Gasteiger charge is -2.31. The number of hydrogen-bond donors (Lipinski definition) is 3. The lowest BCUT2D eigenvalue weighted by atomic mass is 9.82. The van der Waals surface area contributed by atoms with Gasteiger partial charge in [-0.15, -0.1) is 12.4 Å². The average Bonchev–Trinajstić information content (AvgIpc) is 2.38. The molecule has 0 radical (unpaired) electrons. The maximum Gasteiger partial charge on any atom is 0.244 e. The molecule has 1 aromatic carbocycles. The third-order valence-corrected chi connectivity index (χ3v) is 4.49. The van der Waals surface area contributed by atoms with Crippen molar-refractivity contribution in [1.82, 2.24) is 0 Å². The van der Waals surface area contributed by atoms with Gasteiger partial charge in [0, 0.05) is 5.69 Å². The molecule has 1 saturated carbocycles. The number of carbonyl (C=O) groups excluding carboxylic acids is 1. The van der Waals surface area contributed by atoms with Crippen LogP contribution in [0, 0.1) is 0 Å². The molecule has 0 unspecified atom stereocenters. The van der Waals surface area contributed by atoms with Crippen molar-refractivity contribution in [3.63, 3.8) is 0 Å². The zero-order valence-corrected chi connectivity index (χ0v) is 13.9. The summed E-state index contributed by atoms with van der Waals surface area (Å²) in [5, 5.41) is 7.80. The van der Waals surface area contributed by atoms with Gasteiger partial charge in [0.05, 0.1) is 11.3 Å². The first-order valence-corrected chi connectivity index (χ1v) is 8.70. The molecule has 1 aliphatic rings. The molecule has 0 bridgehead atoms. The Kier molecular flexibility index (Phi) is 6.37. The van der Waals surface area contributed by atoms with Crippen molar-refractivity contribution in [2.75, 3.05) is 5.32 Å². The molecule has 5 N–H and O–H groups in total. The van der Waals surface area contributed by atoms with Crippen LogP contribution in [-0.2, 0) is 20.6 Å². The van der Waals surface area contributed by atoms with Gasteiger partial charge >= 0.3 is 0 Å². The highest BCUT2D eigenvalue weighted by Gasteiger charge is 2.35. The number of rotatable bonds is 4. The second kappa shape index (κ2) is 7.41. The molecule has 6 nitrogen and oxygen atoms in total. The zero-order chi connectivity index (χ0) is 15.5. The minimum atomic E-state index is -3.59. The molecule has 1 aromatic rings. The molecule has 0 heterocycles. The van der Waals surface area contributed by atoms with Crippen molar-refractivity contribution in [3.8, 4) is 0 Å². The molecule has 2 rings (SSSR count). The Balaban J connectivity index is 0.00000242. The monoisotopic (exact) mass is 347 g/mol. The van der Waals surface area contributed by atoms with Crippen LogP contribution >= 0.6 is 12.4 Å². The number of carbonyl (C=O) groups is 1. The number of sulfonamides is 1. The molecule has 22 heavy (non-hydrogen) atoms. The first kappa shape index (κ1) is 18.9. The van der Waals surface area contributed by atoms with Gasteiger partial charge in [-0.1, -0.05) is 31.4 Å². The summed E-state index contributed by atoms with van der Waals surface area (Å²) in [5.41, 5.74) is 6.41. The largest absolute Gasteiger partial charge is 0.324 e. The van der Waals surface area contributed by atoms with E-state index in [-0.39, 0.29) is 24.1 Å². The molecule has 0 spiro atoms. The van der Waals surface area contributed by atoms with Gasteiger partial charge in [0.15, 0.2) is 0 Å². The van der Waals surface area contributed by atoms with E-state index in [1.165, 1.54) is 0 Å². The molecule has 0 aromatic heterocycles. The number of benzene rings is 1. The lowest BCUT2D eigenvalue weighted by Crippen LogP contribution is -2.52. The van der Waals surface area contributed by atoms with Gasteiger partial charge in [-0.25, -0.2) is 13.6 Å². The predicted octanol–water partition coefficient (Wildman–Crippen LogP) is 1.50. The summed E-state index contributed by atoms with van der Waals surface area (Å²) in [6.07, 6.45) is 4.37. The van der Waals surface area contributed by atoms with Crippen LogP contribution in [-0.4, -0.2) is 19.9 Å². The summed E-state index contributed by atoms with van der Waals surface area (Å²) < 4.78 is 22.2. The average molecular weight is 348 g/mol. The van der Waals surface area contributed by atoms with Gasteiger partial charge in [0.1, 0.15) is 0 Å². The van der Waals surface area contributed by atoms with Gasteiger partial charge in [-0.05, 0) is 30.5 Å². The van der Waals surface area contributed by atoms with Crippen molar-refractivity contribution >= 4 is 34.0 Å². The van der Waals surface area contributed by atoms with E-state index in [4.69, 9.17) is 10.9 Å². The molecular weight excluding hydrogens is 326 g/mol. The number of amides is 1. The Hall–Kier alpha value is -1.15. The number of nitrogens with one attached hydrogen (secondary N) is 1. The second-order valence-electron chi connectivity index (χ2n) is 5.68. The van der Waals surface area contributed by atoms with Crippen LogP contribution in [0.5, 0.6) is 0 Å².